The molecule has 0 aliphatic heterocycles. The van der Waals surface area contributed by atoms with E-state index in [1.54, 1.807) is 13.8 Å². The number of aliphatic carboxylic acids is 1. The van der Waals surface area contributed by atoms with E-state index in [1.165, 1.54) is 19.3 Å². The third kappa shape index (κ3) is 18.0. The van der Waals surface area contributed by atoms with Crippen LogP contribution in [0.3, 0.4) is 0 Å². The molecule has 3 N–H and O–H groups in total. The first-order valence-corrected chi connectivity index (χ1v) is 6.33. The van der Waals surface area contributed by atoms with Crippen LogP contribution in [0, 0.1) is 5.41 Å². The lowest BCUT2D eigenvalue weighted by atomic mass is 9.97. The topological polar surface area (TPSA) is 77.8 Å². The van der Waals surface area contributed by atoms with Gasteiger partial charge in [-0.3, -0.25) is 4.79 Å². The van der Waals surface area contributed by atoms with Crippen LogP contribution in [-0.2, 0) is 4.79 Å². The molecule has 0 saturated carbocycles. The summed E-state index contributed by atoms with van der Waals surface area (Å²) in [6.07, 6.45) is 5.88. The number of carboxylic acid groups (broad SMARTS) is 1. The van der Waals surface area contributed by atoms with Gasteiger partial charge in [-0.1, -0.05) is 46.5 Å². The summed E-state index contributed by atoms with van der Waals surface area (Å²) in [6.45, 7) is 5.84. The van der Waals surface area contributed by atoms with Crippen LogP contribution in [0.15, 0.2) is 0 Å². The molecule has 0 spiro atoms. The molecular formula is C13H28O4. The molecule has 0 radical (unpaired) electrons. The highest BCUT2D eigenvalue weighted by molar-refractivity contribution is 5.66. The molecule has 0 unspecified atom stereocenters. The predicted octanol–water partition coefficient (Wildman–Crippen LogP) is 2.43. The number of aliphatic hydroxyl groups excluding tert-OH is 2. The monoisotopic (exact) mass is 248 g/mol. The lowest BCUT2D eigenvalue weighted by Crippen LogP contribution is -2.20. The average Bonchev–Trinajstić information content (AvgIpc) is 2.29. The zero-order valence-electron chi connectivity index (χ0n) is 11.4. The number of hydrogen-bond acceptors (Lipinski definition) is 3. The molecule has 0 rings (SSSR count). The zero-order chi connectivity index (χ0) is 13.7. The van der Waals surface area contributed by atoms with Crippen LogP contribution in [-0.4, -0.2) is 34.5 Å². The summed E-state index contributed by atoms with van der Waals surface area (Å²) in [5.41, 5.74) is -0.306. The minimum Gasteiger partial charge on any atom is -0.481 e. The molecule has 17 heavy (non-hydrogen) atoms. The van der Waals surface area contributed by atoms with Crippen LogP contribution in [0.1, 0.15) is 59.3 Å². The highest BCUT2D eigenvalue weighted by atomic mass is 16.4. The van der Waals surface area contributed by atoms with Gasteiger partial charge in [0.25, 0.3) is 0 Å². The van der Waals surface area contributed by atoms with E-state index in [1.807, 2.05) is 0 Å². The zero-order valence-corrected chi connectivity index (χ0v) is 11.4. The van der Waals surface area contributed by atoms with Crippen molar-refractivity contribution >= 4 is 5.97 Å². The van der Waals surface area contributed by atoms with Crippen molar-refractivity contribution in [3.63, 3.8) is 0 Å². The number of carbonyl (C=O) groups is 1. The van der Waals surface area contributed by atoms with Gasteiger partial charge in [-0.25, -0.2) is 0 Å². The van der Waals surface area contributed by atoms with E-state index < -0.39 is 5.97 Å². The Morgan fingerprint density at radius 3 is 1.76 bits per heavy atom. The van der Waals surface area contributed by atoms with Gasteiger partial charge in [-0.05, 0) is 6.42 Å². The molecule has 0 amide bonds. The van der Waals surface area contributed by atoms with Crippen LogP contribution in [0.2, 0.25) is 0 Å². The van der Waals surface area contributed by atoms with Crippen LogP contribution < -0.4 is 0 Å². The molecule has 0 aromatic carbocycles. The molecule has 104 valence electrons. The van der Waals surface area contributed by atoms with Gasteiger partial charge in [0.05, 0.1) is 13.2 Å². The summed E-state index contributed by atoms with van der Waals surface area (Å²) in [5, 5.41) is 25.1. The molecule has 0 aromatic rings. The molecule has 0 saturated heterocycles. The predicted molar refractivity (Wildman–Crippen MR) is 69.0 cm³/mol. The lowest BCUT2D eigenvalue weighted by Gasteiger charge is -2.16. The van der Waals surface area contributed by atoms with E-state index in [9.17, 15) is 4.79 Å². The fourth-order valence-corrected chi connectivity index (χ4v) is 0.930. The Morgan fingerprint density at radius 1 is 1.00 bits per heavy atom. The molecule has 0 aliphatic rings. The Bertz CT molecular complexity index is 172. The molecule has 0 fully saturated rings. The highest BCUT2D eigenvalue weighted by Gasteiger charge is 2.13. The quantitative estimate of drug-likeness (QED) is 0.576. The molecule has 0 heterocycles. The minimum atomic E-state index is -0.670. The fourth-order valence-electron chi connectivity index (χ4n) is 0.930. The summed E-state index contributed by atoms with van der Waals surface area (Å²) in [7, 11) is 0. The van der Waals surface area contributed by atoms with Gasteiger partial charge in [0.1, 0.15) is 0 Å². The van der Waals surface area contributed by atoms with E-state index in [-0.39, 0.29) is 18.6 Å². The Morgan fingerprint density at radius 2 is 1.47 bits per heavy atom. The summed E-state index contributed by atoms with van der Waals surface area (Å²) in [6, 6.07) is 0. The number of rotatable bonds is 8. The van der Waals surface area contributed by atoms with Crippen LogP contribution in [0.25, 0.3) is 0 Å². The van der Waals surface area contributed by atoms with Crippen LogP contribution >= 0.6 is 0 Å². The first-order chi connectivity index (χ1) is 7.89. The highest BCUT2D eigenvalue weighted by Crippen LogP contribution is 2.10. The van der Waals surface area contributed by atoms with Gasteiger partial charge in [0.2, 0.25) is 0 Å². The summed E-state index contributed by atoms with van der Waals surface area (Å²) in [4.78, 5) is 10.0. The summed E-state index contributed by atoms with van der Waals surface area (Å²) in [5.74, 6) is -0.670. The van der Waals surface area contributed by atoms with Crippen molar-refractivity contribution in [1.82, 2.24) is 0 Å². The molecule has 4 heteroatoms. The maximum atomic E-state index is 10.0. The maximum Gasteiger partial charge on any atom is 0.303 e. The van der Waals surface area contributed by atoms with Crippen molar-refractivity contribution in [2.24, 2.45) is 5.41 Å². The van der Waals surface area contributed by atoms with Crippen molar-refractivity contribution < 1.29 is 20.1 Å². The largest absolute Gasteiger partial charge is 0.481 e. The van der Waals surface area contributed by atoms with Gasteiger partial charge in [-0.2, -0.15) is 0 Å². The number of aliphatic hydroxyl groups is 2. The second-order valence-electron chi connectivity index (χ2n) is 5.04. The Hall–Kier alpha value is -0.610. The van der Waals surface area contributed by atoms with Gasteiger partial charge < -0.3 is 15.3 Å². The van der Waals surface area contributed by atoms with Gasteiger partial charge in [0, 0.05) is 11.8 Å². The maximum absolute atomic E-state index is 10.0. The van der Waals surface area contributed by atoms with E-state index in [2.05, 4.69) is 6.92 Å². The van der Waals surface area contributed by atoms with E-state index in [0.717, 1.165) is 12.8 Å². The summed E-state index contributed by atoms with van der Waals surface area (Å²) >= 11 is 0. The summed E-state index contributed by atoms with van der Waals surface area (Å²) < 4.78 is 0. The molecule has 4 nitrogen and oxygen atoms in total. The van der Waals surface area contributed by atoms with E-state index in [4.69, 9.17) is 15.3 Å². The van der Waals surface area contributed by atoms with Crippen molar-refractivity contribution in [3.05, 3.63) is 0 Å². The average molecular weight is 248 g/mol. The van der Waals surface area contributed by atoms with Crippen molar-refractivity contribution in [1.29, 1.82) is 0 Å². The minimum absolute atomic E-state index is 0.0451. The van der Waals surface area contributed by atoms with E-state index >= 15 is 0 Å². The normalized spacial score (nSPS) is 10.6. The van der Waals surface area contributed by atoms with Gasteiger partial charge >= 0.3 is 5.97 Å². The van der Waals surface area contributed by atoms with Crippen molar-refractivity contribution in [2.45, 2.75) is 59.3 Å². The number of hydrogen-bond donors (Lipinski definition) is 3. The fraction of sp³-hybridized carbons (Fsp3) is 0.923. The molecule has 0 aromatic heterocycles. The third-order valence-electron chi connectivity index (χ3n) is 2.35. The second-order valence-corrected chi connectivity index (χ2v) is 5.04. The van der Waals surface area contributed by atoms with Crippen LogP contribution in [0.4, 0.5) is 0 Å². The Labute approximate surface area is 105 Å². The van der Waals surface area contributed by atoms with Gasteiger partial charge in [0.15, 0.2) is 0 Å². The van der Waals surface area contributed by atoms with E-state index in [0.29, 0.717) is 6.42 Å². The smallest absolute Gasteiger partial charge is 0.303 e. The SMILES string of the molecule is CC(C)(CO)CO.CCCCCCCC(=O)O. The first-order valence-electron chi connectivity index (χ1n) is 6.33. The number of unbranched alkanes of at least 4 members (excludes halogenated alkanes) is 4. The number of carboxylic acids is 1. The lowest BCUT2D eigenvalue weighted by molar-refractivity contribution is -0.137. The molecule has 0 aliphatic carbocycles. The third-order valence-corrected chi connectivity index (χ3v) is 2.35. The Balaban J connectivity index is 0. The molecular weight excluding hydrogens is 220 g/mol. The first kappa shape index (κ1) is 18.7. The standard InChI is InChI=1S/C8H16O2.C5H12O2/c1-2-3-4-5-6-7-8(9)10;1-5(2,3-6)4-7/h2-7H2,1H3,(H,9,10);6-7H,3-4H2,1-2H3. The van der Waals surface area contributed by atoms with Crippen molar-refractivity contribution in [3.8, 4) is 0 Å². The van der Waals surface area contributed by atoms with Gasteiger partial charge in [-0.15, -0.1) is 0 Å². The second kappa shape index (κ2) is 11.9. The van der Waals surface area contributed by atoms with Crippen molar-refractivity contribution in [2.75, 3.05) is 13.2 Å². The molecule has 0 atom stereocenters. The van der Waals surface area contributed by atoms with Crippen LogP contribution in [0.5, 0.6) is 0 Å². The molecule has 0 bridgehead atoms. The Kier molecular flexibility index (Phi) is 13.1.